The minimum Gasteiger partial charge on any atom is -0.497 e. The topological polar surface area (TPSA) is 74.8 Å². The first-order valence-corrected chi connectivity index (χ1v) is 16.8. The van der Waals surface area contributed by atoms with Gasteiger partial charge in [0, 0.05) is 39.2 Å². The molecule has 0 aliphatic carbocycles. The third-order valence-corrected chi connectivity index (χ3v) is 9.69. The highest BCUT2D eigenvalue weighted by Gasteiger charge is 2.35. The van der Waals surface area contributed by atoms with E-state index in [1.807, 2.05) is 84.9 Å². The third kappa shape index (κ3) is 5.88. The summed E-state index contributed by atoms with van der Waals surface area (Å²) in [6.07, 6.45) is 4.02. The van der Waals surface area contributed by atoms with Crippen LogP contribution < -0.4 is 19.6 Å². The quantitative estimate of drug-likeness (QED) is 0.165. The van der Waals surface area contributed by atoms with Crippen LogP contribution in [0.4, 0.5) is 0 Å². The molecule has 7 rings (SSSR count). The number of aromatic nitrogens is 2. The number of esters is 1. The van der Waals surface area contributed by atoms with E-state index >= 15 is 0 Å². The van der Waals surface area contributed by atoms with Crippen LogP contribution in [0.25, 0.3) is 22.7 Å². The Balaban J connectivity index is 1.44. The van der Waals surface area contributed by atoms with E-state index in [4.69, 9.17) is 14.5 Å². The number of rotatable bonds is 8. The maximum atomic E-state index is 14.4. The van der Waals surface area contributed by atoms with Crippen LogP contribution in [0.3, 0.4) is 0 Å². The molecule has 234 valence electrons. The summed E-state index contributed by atoms with van der Waals surface area (Å²) in [6, 6.07) is 32.7. The summed E-state index contributed by atoms with van der Waals surface area (Å²) < 4.78 is 16.4. The number of benzene rings is 4. The lowest BCUT2D eigenvalue weighted by atomic mass is 9.93. The Morgan fingerprint density at radius 1 is 0.957 bits per heavy atom. The molecule has 4 aromatic carbocycles. The van der Waals surface area contributed by atoms with E-state index in [0.717, 1.165) is 32.1 Å². The lowest BCUT2D eigenvalue weighted by Gasteiger charge is -2.26. The first-order valence-electron chi connectivity index (χ1n) is 15.2. The van der Waals surface area contributed by atoms with E-state index in [9.17, 15) is 9.59 Å². The smallest absolute Gasteiger partial charge is 0.338 e. The first-order chi connectivity index (χ1) is 22.9. The molecule has 0 saturated carbocycles. The van der Waals surface area contributed by atoms with Crippen LogP contribution >= 0.6 is 27.3 Å². The van der Waals surface area contributed by atoms with Crippen LogP contribution in [0.15, 0.2) is 129 Å². The van der Waals surface area contributed by atoms with E-state index in [1.54, 1.807) is 18.6 Å². The van der Waals surface area contributed by atoms with E-state index in [-0.39, 0.29) is 12.2 Å². The highest BCUT2D eigenvalue weighted by atomic mass is 79.9. The van der Waals surface area contributed by atoms with Gasteiger partial charge in [0.1, 0.15) is 5.75 Å². The molecule has 0 amide bonds. The molecule has 47 heavy (non-hydrogen) atoms. The van der Waals surface area contributed by atoms with Gasteiger partial charge in [-0.25, -0.2) is 9.79 Å². The summed E-state index contributed by atoms with van der Waals surface area (Å²) in [5.74, 6) is 0.159. The van der Waals surface area contributed by atoms with Crippen LogP contribution in [0.5, 0.6) is 5.75 Å². The second-order valence-electron chi connectivity index (χ2n) is 11.1. The lowest BCUT2D eigenvalue weighted by Crippen LogP contribution is -2.40. The molecule has 1 atom stereocenters. The van der Waals surface area contributed by atoms with Gasteiger partial charge < -0.3 is 14.0 Å². The van der Waals surface area contributed by atoms with E-state index < -0.39 is 12.0 Å². The highest BCUT2D eigenvalue weighted by molar-refractivity contribution is 9.10. The number of carbonyl (C=O) groups is 1. The largest absolute Gasteiger partial charge is 0.497 e. The fourth-order valence-electron chi connectivity index (χ4n) is 5.99. The fraction of sp³-hybridized carbons (Fsp3) is 0.132. The Bertz CT molecular complexity index is 2320. The van der Waals surface area contributed by atoms with Crippen molar-refractivity contribution in [1.29, 1.82) is 0 Å². The number of ether oxygens (including phenoxy) is 2. The SMILES string of the molecule is CCOC(=O)C1=C(c2ccccc2)N=c2s/c(=C\c3cn(Cc4ccc(Br)cc4)c4ccccc34)c(=O)n2[C@H]1c1ccc(OC)cc1. The number of hydrogen-bond donors (Lipinski definition) is 0. The number of para-hydroxylation sites is 1. The van der Waals surface area contributed by atoms with Crippen molar-refractivity contribution < 1.29 is 14.3 Å². The Hall–Kier alpha value is -4.99. The van der Waals surface area contributed by atoms with E-state index in [1.165, 1.54) is 16.9 Å². The molecule has 7 nitrogen and oxygen atoms in total. The Morgan fingerprint density at radius 2 is 1.68 bits per heavy atom. The van der Waals surface area contributed by atoms with Crippen molar-refractivity contribution in [3.63, 3.8) is 0 Å². The van der Waals surface area contributed by atoms with Gasteiger partial charge in [0.05, 0.1) is 35.6 Å². The average Bonchev–Trinajstić information content (AvgIpc) is 3.61. The molecule has 9 heteroatoms. The first kappa shape index (κ1) is 30.7. The summed E-state index contributed by atoms with van der Waals surface area (Å²) in [5, 5.41) is 1.04. The van der Waals surface area contributed by atoms with Gasteiger partial charge >= 0.3 is 5.97 Å². The summed E-state index contributed by atoms with van der Waals surface area (Å²) in [5.41, 5.74) is 5.25. The molecule has 0 fully saturated rings. The Morgan fingerprint density at radius 3 is 2.40 bits per heavy atom. The second kappa shape index (κ2) is 13.0. The number of halogens is 1. The van der Waals surface area contributed by atoms with Crippen LogP contribution in [-0.2, 0) is 16.1 Å². The molecule has 0 unspecified atom stereocenters. The molecule has 1 aliphatic heterocycles. The molecule has 6 aromatic rings. The zero-order chi connectivity index (χ0) is 32.5. The molecular weight excluding hydrogens is 674 g/mol. The minimum absolute atomic E-state index is 0.189. The third-order valence-electron chi connectivity index (χ3n) is 8.18. The van der Waals surface area contributed by atoms with Crippen LogP contribution in [0, 0.1) is 0 Å². The van der Waals surface area contributed by atoms with Crippen molar-refractivity contribution >= 4 is 55.9 Å². The average molecular weight is 705 g/mol. The number of nitrogens with zero attached hydrogens (tertiary/aromatic N) is 3. The molecule has 3 heterocycles. The molecule has 1 aliphatic rings. The zero-order valence-electron chi connectivity index (χ0n) is 25.7. The maximum absolute atomic E-state index is 14.4. The van der Waals surface area contributed by atoms with Gasteiger partial charge in [0.25, 0.3) is 5.56 Å². The van der Waals surface area contributed by atoms with Crippen LogP contribution in [0.1, 0.15) is 35.2 Å². The molecule has 0 bridgehead atoms. The van der Waals surface area contributed by atoms with Gasteiger partial charge in [-0.2, -0.15) is 0 Å². The van der Waals surface area contributed by atoms with Gasteiger partial charge in [-0.3, -0.25) is 9.36 Å². The van der Waals surface area contributed by atoms with Crippen LogP contribution in [-0.4, -0.2) is 28.8 Å². The standard InChI is InChI=1S/C38H30BrN3O4S/c1-3-46-37(44)33-34(25-9-5-4-6-10-25)40-38-42(35(33)26-15-19-29(45-2)20-16-26)36(43)32(47-38)21-27-23-41(31-12-8-7-11-30(27)31)22-24-13-17-28(39)18-14-24/h4-21,23,35H,3,22H2,1-2H3/b32-21-/t35-/m0/s1. The predicted octanol–water partition coefficient (Wildman–Crippen LogP) is 6.71. The maximum Gasteiger partial charge on any atom is 0.338 e. The molecule has 0 saturated heterocycles. The Kier molecular flexibility index (Phi) is 8.49. The number of fused-ring (bicyclic) bond motifs is 2. The van der Waals surface area contributed by atoms with Gasteiger partial charge in [0.15, 0.2) is 4.80 Å². The number of thiazole rings is 1. The van der Waals surface area contributed by atoms with Crippen LogP contribution in [0.2, 0.25) is 0 Å². The molecular formula is C38H30BrN3O4S. The van der Waals surface area contributed by atoms with E-state index in [2.05, 4.69) is 51.0 Å². The predicted molar refractivity (Wildman–Crippen MR) is 189 cm³/mol. The van der Waals surface area contributed by atoms with Crippen molar-refractivity contribution in [2.45, 2.75) is 19.5 Å². The molecule has 0 radical (unpaired) electrons. The molecule has 0 N–H and O–H groups in total. The minimum atomic E-state index is -0.757. The van der Waals surface area contributed by atoms with Crippen molar-refractivity contribution in [2.24, 2.45) is 4.99 Å². The second-order valence-corrected chi connectivity index (χ2v) is 13.0. The van der Waals surface area contributed by atoms with Gasteiger partial charge in [-0.15, -0.1) is 0 Å². The monoisotopic (exact) mass is 703 g/mol. The zero-order valence-corrected chi connectivity index (χ0v) is 28.1. The number of methoxy groups -OCH3 is 1. The normalized spacial score (nSPS) is 14.6. The summed E-state index contributed by atoms with van der Waals surface area (Å²) in [7, 11) is 1.60. The summed E-state index contributed by atoms with van der Waals surface area (Å²) >= 11 is 4.83. The Labute approximate surface area is 283 Å². The summed E-state index contributed by atoms with van der Waals surface area (Å²) in [4.78, 5) is 33.6. The van der Waals surface area contributed by atoms with E-state index in [0.29, 0.717) is 32.9 Å². The molecule has 2 aromatic heterocycles. The van der Waals surface area contributed by atoms with Crippen molar-refractivity contribution in [3.05, 3.63) is 161 Å². The number of hydrogen-bond acceptors (Lipinski definition) is 6. The fourth-order valence-corrected chi connectivity index (χ4v) is 7.25. The van der Waals surface area contributed by atoms with Crippen molar-refractivity contribution in [1.82, 2.24) is 9.13 Å². The number of carbonyl (C=O) groups excluding carboxylic acids is 1. The van der Waals surface area contributed by atoms with Crippen molar-refractivity contribution in [3.8, 4) is 5.75 Å². The van der Waals surface area contributed by atoms with Gasteiger partial charge in [0.2, 0.25) is 0 Å². The molecule has 0 spiro atoms. The highest BCUT2D eigenvalue weighted by Crippen LogP contribution is 2.36. The lowest BCUT2D eigenvalue weighted by molar-refractivity contribution is -0.138. The van der Waals surface area contributed by atoms with Crippen molar-refractivity contribution in [2.75, 3.05) is 13.7 Å². The van der Waals surface area contributed by atoms with Gasteiger partial charge in [-0.1, -0.05) is 100 Å². The van der Waals surface area contributed by atoms with Gasteiger partial charge in [-0.05, 0) is 54.5 Å². The summed E-state index contributed by atoms with van der Waals surface area (Å²) in [6.45, 7) is 2.64.